The highest BCUT2D eigenvalue weighted by molar-refractivity contribution is 5.69. The highest BCUT2D eigenvalue weighted by Gasteiger charge is 2.31. The van der Waals surface area contributed by atoms with E-state index in [2.05, 4.69) is 15.3 Å². The second-order valence-electron chi connectivity index (χ2n) is 4.03. The quantitative estimate of drug-likeness (QED) is 0.918. The smallest absolute Gasteiger partial charge is 0.433 e. The first-order valence-electron chi connectivity index (χ1n) is 5.47. The second-order valence-corrected chi connectivity index (χ2v) is 4.03. The Balaban J connectivity index is 2.06. The predicted molar refractivity (Wildman–Crippen MR) is 59.7 cm³/mol. The van der Waals surface area contributed by atoms with Crippen molar-refractivity contribution in [2.75, 3.05) is 0 Å². The largest absolute Gasteiger partial charge is 0.481 e. The van der Waals surface area contributed by atoms with E-state index >= 15 is 0 Å². The molecular formula is C11H9F3N4O2. The molecule has 0 aliphatic rings. The van der Waals surface area contributed by atoms with Gasteiger partial charge in [0.05, 0.1) is 18.7 Å². The summed E-state index contributed by atoms with van der Waals surface area (Å²) in [5, 5.41) is 15.9. The summed E-state index contributed by atoms with van der Waals surface area (Å²) in [6.45, 7) is 0.164. The van der Waals surface area contributed by atoms with Crippen LogP contribution in [-0.4, -0.2) is 31.1 Å². The van der Waals surface area contributed by atoms with Gasteiger partial charge in [0.2, 0.25) is 0 Å². The van der Waals surface area contributed by atoms with Crippen molar-refractivity contribution in [2.24, 2.45) is 0 Å². The molecule has 20 heavy (non-hydrogen) atoms. The number of carboxylic acid groups (broad SMARTS) is 1. The molecule has 0 unspecified atom stereocenters. The second kappa shape index (κ2) is 5.27. The molecule has 106 valence electrons. The van der Waals surface area contributed by atoms with Gasteiger partial charge in [-0.3, -0.25) is 9.78 Å². The highest BCUT2D eigenvalue weighted by Crippen LogP contribution is 2.27. The molecule has 0 fully saturated rings. The van der Waals surface area contributed by atoms with Crippen molar-refractivity contribution >= 4 is 5.97 Å². The van der Waals surface area contributed by atoms with Gasteiger partial charge in [-0.2, -0.15) is 13.2 Å². The normalized spacial score (nSPS) is 11.6. The van der Waals surface area contributed by atoms with E-state index in [9.17, 15) is 18.0 Å². The number of aromatic nitrogens is 4. The molecular weight excluding hydrogens is 277 g/mol. The molecule has 0 aromatic carbocycles. The van der Waals surface area contributed by atoms with Crippen molar-refractivity contribution < 1.29 is 23.1 Å². The van der Waals surface area contributed by atoms with Gasteiger partial charge in [-0.05, 0) is 11.6 Å². The lowest BCUT2D eigenvalue weighted by atomic mass is 10.2. The van der Waals surface area contributed by atoms with Gasteiger partial charge in [0.25, 0.3) is 0 Å². The first-order chi connectivity index (χ1) is 9.34. The molecule has 0 spiro atoms. The van der Waals surface area contributed by atoms with E-state index in [0.717, 1.165) is 12.3 Å². The predicted octanol–water partition coefficient (Wildman–Crippen LogP) is 1.37. The Morgan fingerprint density at radius 1 is 1.35 bits per heavy atom. The van der Waals surface area contributed by atoms with Crippen LogP contribution < -0.4 is 0 Å². The van der Waals surface area contributed by atoms with E-state index in [0.29, 0.717) is 5.56 Å². The molecule has 0 aliphatic heterocycles. The van der Waals surface area contributed by atoms with Crippen LogP contribution in [0.15, 0.2) is 24.5 Å². The third-order valence-corrected chi connectivity index (χ3v) is 2.38. The summed E-state index contributed by atoms with van der Waals surface area (Å²) in [5.74, 6) is -1.03. The summed E-state index contributed by atoms with van der Waals surface area (Å²) < 4.78 is 38.3. The Labute approximate surface area is 110 Å². The van der Waals surface area contributed by atoms with Crippen molar-refractivity contribution in [3.63, 3.8) is 0 Å². The van der Waals surface area contributed by atoms with Gasteiger partial charge in [-0.15, -0.1) is 5.10 Å². The minimum Gasteiger partial charge on any atom is -0.481 e. The van der Waals surface area contributed by atoms with Crippen LogP contribution in [0.25, 0.3) is 0 Å². The summed E-state index contributed by atoms with van der Waals surface area (Å²) in [7, 11) is 0. The fourth-order valence-corrected chi connectivity index (χ4v) is 1.52. The van der Waals surface area contributed by atoms with E-state index in [1.807, 2.05) is 0 Å². The molecule has 0 saturated carbocycles. The molecule has 6 nitrogen and oxygen atoms in total. The molecule has 2 aromatic rings. The molecule has 2 aromatic heterocycles. The minimum absolute atomic E-state index is 0.164. The lowest BCUT2D eigenvalue weighted by molar-refractivity contribution is -0.141. The summed E-state index contributed by atoms with van der Waals surface area (Å²) in [6.07, 6.45) is -2.21. The molecule has 0 amide bonds. The van der Waals surface area contributed by atoms with Crippen molar-refractivity contribution in [1.82, 2.24) is 20.0 Å². The maximum absolute atomic E-state index is 12.3. The van der Waals surface area contributed by atoms with Crippen LogP contribution in [0.4, 0.5) is 13.2 Å². The molecule has 0 bridgehead atoms. The van der Waals surface area contributed by atoms with Crippen LogP contribution in [0.3, 0.4) is 0 Å². The molecule has 2 heterocycles. The average molecular weight is 286 g/mol. The Morgan fingerprint density at radius 3 is 2.65 bits per heavy atom. The van der Waals surface area contributed by atoms with Crippen molar-refractivity contribution in [3.8, 4) is 0 Å². The molecule has 9 heteroatoms. The number of halogens is 3. The fraction of sp³-hybridized carbons (Fsp3) is 0.273. The number of nitrogens with zero attached hydrogens (tertiary/aromatic N) is 4. The highest BCUT2D eigenvalue weighted by atomic mass is 19.4. The first kappa shape index (κ1) is 14.0. The molecule has 0 radical (unpaired) electrons. The van der Waals surface area contributed by atoms with Crippen LogP contribution in [0.1, 0.15) is 17.0 Å². The zero-order valence-corrected chi connectivity index (χ0v) is 10.0. The number of pyridine rings is 1. The number of carbonyl (C=O) groups is 1. The standard InChI is InChI=1S/C11H9F3N4O2/c12-11(13,14)9-2-1-7(4-15-9)5-18-6-8(16-17-18)3-10(19)20/h1-2,4,6H,3,5H2,(H,19,20). The van der Waals surface area contributed by atoms with E-state index in [-0.39, 0.29) is 18.7 Å². The summed E-state index contributed by atoms with van der Waals surface area (Å²) in [4.78, 5) is 13.8. The van der Waals surface area contributed by atoms with Crippen LogP contribution in [0.2, 0.25) is 0 Å². The topological polar surface area (TPSA) is 80.9 Å². The van der Waals surface area contributed by atoms with E-state index in [4.69, 9.17) is 5.11 Å². The number of rotatable bonds is 4. The zero-order chi connectivity index (χ0) is 14.8. The molecule has 0 saturated heterocycles. The third-order valence-electron chi connectivity index (χ3n) is 2.38. The zero-order valence-electron chi connectivity index (χ0n) is 10.0. The lowest BCUT2D eigenvalue weighted by Gasteiger charge is -2.06. The number of aliphatic carboxylic acids is 1. The molecule has 0 atom stereocenters. The Hall–Kier alpha value is -2.45. The van der Waals surface area contributed by atoms with E-state index in [1.54, 1.807) is 0 Å². The van der Waals surface area contributed by atoms with Crippen molar-refractivity contribution in [1.29, 1.82) is 0 Å². The maximum atomic E-state index is 12.3. The van der Waals surface area contributed by atoms with Crippen molar-refractivity contribution in [2.45, 2.75) is 19.1 Å². The van der Waals surface area contributed by atoms with Gasteiger partial charge in [0, 0.05) is 12.4 Å². The van der Waals surface area contributed by atoms with E-state index in [1.165, 1.54) is 16.9 Å². The number of carboxylic acids is 1. The third kappa shape index (κ3) is 3.53. The Kier molecular flexibility index (Phi) is 3.68. The van der Waals surface area contributed by atoms with Crippen LogP contribution in [0.5, 0.6) is 0 Å². The summed E-state index contributed by atoms with van der Waals surface area (Å²) in [5.41, 5.74) is -0.187. The minimum atomic E-state index is -4.47. The van der Waals surface area contributed by atoms with Crippen LogP contribution in [0, 0.1) is 0 Å². The summed E-state index contributed by atoms with van der Waals surface area (Å²) >= 11 is 0. The van der Waals surface area contributed by atoms with Gasteiger partial charge in [-0.25, -0.2) is 4.68 Å². The first-order valence-corrected chi connectivity index (χ1v) is 5.47. The van der Waals surface area contributed by atoms with Gasteiger partial charge in [0.1, 0.15) is 5.69 Å². The number of alkyl halides is 3. The average Bonchev–Trinajstić information content (AvgIpc) is 2.75. The Morgan fingerprint density at radius 2 is 2.10 bits per heavy atom. The Bertz CT molecular complexity index is 607. The van der Waals surface area contributed by atoms with Gasteiger partial charge in [-0.1, -0.05) is 11.3 Å². The van der Waals surface area contributed by atoms with Gasteiger partial charge >= 0.3 is 12.1 Å². The number of hydrogen-bond donors (Lipinski definition) is 1. The lowest BCUT2D eigenvalue weighted by Crippen LogP contribution is -2.08. The maximum Gasteiger partial charge on any atom is 0.433 e. The molecule has 2 rings (SSSR count). The fourth-order valence-electron chi connectivity index (χ4n) is 1.52. The van der Waals surface area contributed by atoms with Crippen LogP contribution >= 0.6 is 0 Å². The number of hydrogen-bond acceptors (Lipinski definition) is 4. The van der Waals surface area contributed by atoms with Crippen LogP contribution in [-0.2, 0) is 23.9 Å². The molecule has 0 aliphatic carbocycles. The summed E-state index contributed by atoms with van der Waals surface area (Å²) in [6, 6.07) is 2.17. The molecule has 1 N–H and O–H groups in total. The monoisotopic (exact) mass is 286 g/mol. The van der Waals surface area contributed by atoms with Gasteiger partial charge < -0.3 is 5.11 Å². The SMILES string of the molecule is O=C(O)Cc1cn(Cc2ccc(C(F)(F)F)nc2)nn1. The van der Waals surface area contributed by atoms with Gasteiger partial charge in [0.15, 0.2) is 0 Å². The van der Waals surface area contributed by atoms with E-state index < -0.39 is 17.8 Å². The van der Waals surface area contributed by atoms with Crippen molar-refractivity contribution in [3.05, 3.63) is 41.5 Å².